The SMILES string of the molecule is Cc1ccc(N=C/C(=N\N)C(=O)NCc2ccc(C3CCCCC3)nn2)c(C)n1. The summed E-state index contributed by atoms with van der Waals surface area (Å²) in [6, 6.07) is 7.61. The lowest BCUT2D eigenvalue weighted by Crippen LogP contribution is -2.32. The highest BCUT2D eigenvalue weighted by atomic mass is 16.1. The molecule has 1 saturated carbocycles. The van der Waals surface area contributed by atoms with Gasteiger partial charge in [-0.25, -0.2) is 0 Å². The summed E-state index contributed by atoms with van der Waals surface area (Å²) in [5.74, 6) is 5.45. The Balaban J connectivity index is 1.56. The van der Waals surface area contributed by atoms with Crippen LogP contribution in [0.2, 0.25) is 0 Å². The first-order valence-corrected chi connectivity index (χ1v) is 9.93. The molecule has 0 aromatic carbocycles. The molecule has 8 heteroatoms. The highest BCUT2D eigenvalue weighted by Gasteiger charge is 2.17. The lowest BCUT2D eigenvalue weighted by atomic mass is 9.87. The number of amides is 1. The second kappa shape index (κ2) is 9.86. The molecule has 1 aliphatic rings. The molecule has 2 aromatic rings. The first kappa shape index (κ1) is 20.6. The number of carbonyl (C=O) groups excluding carboxylic acids is 1. The van der Waals surface area contributed by atoms with Crippen LogP contribution in [-0.2, 0) is 11.3 Å². The number of aliphatic imine (C=N–C) groups is 1. The van der Waals surface area contributed by atoms with Gasteiger partial charge in [-0.1, -0.05) is 19.3 Å². The maximum absolute atomic E-state index is 12.3. The zero-order valence-electron chi connectivity index (χ0n) is 16.9. The standard InChI is InChI=1S/C21H27N7O/c1-14-8-10-18(15(2)25-14)23-13-20(26-22)21(29)24-12-17-9-11-19(28-27-17)16-6-4-3-5-7-16/h8-11,13,16H,3-7,12,22H2,1-2H3,(H,24,29)/b23-13?,26-20+. The molecule has 0 bridgehead atoms. The van der Waals surface area contributed by atoms with E-state index in [-0.39, 0.29) is 12.3 Å². The van der Waals surface area contributed by atoms with Gasteiger partial charge >= 0.3 is 0 Å². The average Bonchev–Trinajstić information content (AvgIpc) is 2.75. The average molecular weight is 393 g/mol. The van der Waals surface area contributed by atoms with Crippen LogP contribution in [0.3, 0.4) is 0 Å². The molecule has 1 fully saturated rings. The molecule has 2 heterocycles. The topological polar surface area (TPSA) is 119 Å². The molecule has 0 atom stereocenters. The Morgan fingerprint density at radius 3 is 2.62 bits per heavy atom. The normalized spacial score (nSPS) is 15.6. The van der Waals surface area contributed by atoms with Crippen LogP contribution >= 0.6 is 0 Å². The third kappa shape index (κ3) is 5.66. The Labute approximate surface area is 170 Å². The number of nitrogens with two attached hydrogens (primary N) is 1. The Morgan fingerprint density at radius 2 is 1.97 bits per heavy atom. The maximum Gasteiger partial charge on any atom is 0.273 e. The quantitative estimate of drug-likeness (QED) is 0.444. The lowest BCUT2D eigenvalue weighted by molar-refractivity contribution is -0.114. The first-order valence-electron chi connectivity index (χ1n) is 9.93. The number of nitrogens with one attached hydrogen (secondary N) is 1. The van der Waals surface area contributed by atoms with E-state index in [0.717, 1.165) is 17.1 Å². The molecule has 3 rings (SSSR count). The van der Waals surface area contributed by atoms with Crippen LogP contribution in [0.4, 0.5) is 5.69 Å². The molecule has 152 valence electrons. The van der Waals surface area contributed by atoms with Crippen LogP contribution in [0.5, 0.6) is 0 Å². The smallest absolute Gasteiger partial charge is 0.273 e. The minimum atomic E-state index is -0.424. The molecule has 8 nitrogen and oxygen atoms in total. The van der Waals surface area contributed by atoms with E-state index in [9.17, 15) is 4.79 Å². The number of aryl methyl sites for hydroxylation is 2. The van der Waals surface area contributed by atoms with Crippen LogP contribution in [0.1, 0.15) is 60.8 Å². The van der Waals surface area contributed by atoms with Crippen LogP contribution in [0, 0.1) is 13.8 Å². The molecular weight excluding hydrogens is 366 g/mol. The Hall–Kier alpha value is -3.16. The van der Waals surface area contributed by atoms with Gasteiger partial charge in [0.15, 0.2) is 5.71 Å². The maximum atomic E-state index is 12.3. The third-order valence-electron chi connectivity index (χ3n) is 5.09. The number of hydrogen-bond acceptors (Lipinski definition) is 7. The van der Waals surface area contributed by atoms with Crippen LogP contribution in [0.25, 0.3) is 0 Å². The summed E-state index contributed by atoms with van der Waals surface area (Å²) < 4.78 is 0. The van der Waals surface area contributed by atoms with Crippen molar-refractivity contribution in [3.05, 3.63) is 47.0 Å². The molecule has 1 amide bonds. The summed E-state index contributed by atoms with van der Waals surface area (Å²) in [6.07, 6.45) is 7.51. The van der Waals surface area contributed by atoms with Gasteiger partial charge in [-0.15, -0.1) is 0 Å². The fourth-order valence-corrected chi connectivity index (χ4v) is 3.44. The van der Waals surface area contributed by atoms with Gasteiger partial charge in [-0.2, -0.15) is 15.3 Å². The van der Waals surface area contributed by atoms with Crippen LogP contribution in [-0.4, -0.2) is 33.0 Å². The molecule has 29 heavy (non-hydrogen) atoms. The summed E-state index contributed by atoms with van der Waals surface area (Å²) in [4.78, 5) is 21.0. The largest absolute Gasteiger partial charge is 0.345 e. The molecule has 0 spiro atoms. The molecule has 3 N–H and O–H groups in total. The van der Waals surface area contributed by atoms with E-state index in [1.165, 1.54) is 38.3 Å². The summed E-state index contributed by atoms with van der Waals surface area (Å²) in [6.45, 7) is 4.01. The van der Waals surface area contributed by atoms with Crippen molar-refractivity contribution in [1.82, 2.24) is 20.5 Å². The fraction of sp³-hybridized carbons (Fsp3) is 0.429. The van der Waals surface area contributed by atoms with E-state index in [1.54, 1.807) is 0 Å². The second-order valence-corrected chi connectivity index (χ2v) is 7.30. The molecule has 1 aliphatic carbocycles. The van der Waals surface area contributed by atoms with E-state index >= 15 is 0 Å². The van der Waals surface area contributed by atoms with Crippen molar-refractivity contribution >= 4 is 23.5 Å². The first-order chi connectivity index (χ1) is 14.1. The molecule has 0 unspecified atom stereocenters. The number of carbonyl (C=O) groups is 1. The van der Waals surface area contributed by atoms with Gasteiger partial charge in [0.25, 0.3) is 5.91 Å². The van der Waals surface area contributed by atoms with E-state index in [4.69, 9.17) is 5.84 Å². The van der Waals surface area contributed by atoms with Crippen molar-refractivity contribution in [2.75, 3.05) is 0 Å². The highest BCUT2D eigenvalue weighted by molar-refractivity contribution is 6.60. The zero-order valence-corrected chi connectivity index (χ0v) is 16.9. The molecule has 2 aromatic heterocycles. The van der Waals surface area contributed by atoms with Gasteiger partial charge < -0.3 is 11.2 Å². The number of hydrazone groups is 1. The second-order valence-electron chi connectivity index (χ2n) is 7.30. The minimum absolute atomic E-state index is 0.0248. The Bertz CT molecular complexity index is 900. The Morgan fingerprint density at radius 1 is 1.17 bits per heavy atom. The lowest BCUT2D eigenvalue weighted by Gasteiger charge is -2.20. The van der Waals surface area contributed by atoms with Gasteiger partial charge in [-0.05, 0) is 51.0 Å². The number of pyridine rings is 1. The predicted molar refractivity (Wildman–Crippen MR) is 113 cm³/mol. The molecule has 0 radical (unpaired) electrons. The predicted octanol–water partition coefficient (Wildman–Crippen LogP) is 2.87. The Kier molecular flexibility index (Phi) is 6.99. The number of rotatable bonds is 6. The highest BCUT2D eigenvalue weighted by Crippen LogP contribution is 2.31. The van der Waals surface area contributed by atoms with Crippen molar-refractivity contribution in [2.45, 2.75) is 58.4 Å². The van der Waals surface area contributed by atoms with E-state index < -0.39 is 5.91 Å². The van der Waals surface area contributed by atoms with Gasteiger partial charge in [0.2, 0.25) is 0 Å². The third-order valence-corrected chi connectivity index (χ3v) is 5.09. The molecular formula is C21H27N7O. The van der Waals surface area contributed by atoms with Gasteiger partial charge in [0.1, 0.15) is 0 Å². The minimum Gasteiger partial charge on any atom is -0.345 e. The van der Waals surface area contributed by atoms with E-state index in [2.05, 4.69) is 30.6 Å². The summed E-state index contributed by atoms with van der Waals surface area (Å²) in [7, 11) is 0. The van der Waals surface area contributed by atoms with Gasteiger partial charge in [0.05, 0.1) is 35.5 Å². The molecule has 0 saturated heterocycles. The summed E-state index contributed by atoms with van der Waals surface area (Å²) in [5, 5.41) is 14.9. The molecule has 0 aliphatic heterocycles. The van der Waals surface area contributed by atoms with Crippen molar-refractivity contribution in [3.8, 4) is 0 Å². The number of nitrogens with zero attached hydrogens (tertiary/aromatic N) is 5. The van der Waals surface area contributed by atoms with Crippen LogP contribution < -0.4 is 11.2 Å². The van der Waals surface area contributed by atoms with Crippen molar-refractivity contribution < 1.29 is 4.79 Å². The zero-order chi connectivity index (χ0) is 20.6. The monoisotopic (exact) mass is 393 g/mol. The van der Waals surface area contributed by atoms with Crippen LogP contribution in [0.15, 0.2) is 34.4 Å². The fourth-order valence-electron chi connectivity index (χ4n) is 3.44. The van der Waals surface area contributed by atoms with E-state index in [1.807, 2.05) is 38.1 Å². The number of hydrogen-bond donors (Lipinski definition) is 2. The van der Waals surface area contributed by atoms with Crippen molar-refractivity contribution in [1.29, 1.82) is 0 Å². The van der Waals surface area contributed by atoms with Crippen molar-refractivity contribution in [2.24, 2.45) is 15.9 Å². The summed E-state index contributed by atoms with van der Waals surface area (Å²) in [5.41, 5.74) is 4.09. The van der Waals surface area contributed by atoms with E-state index in [0.29, 0.717) is 17.3 Å². The summed E-state index contributed by atoms with van der Waals surface area (Å²) >= 11 is 0. The van der Waals surface area contributed by atoms with Crippen molar-refractivity contribution in [3.63, 3.8) is 0 Å². The number of aromatic nitrogens is 3. The van der Waals surface area contributed by atoms with Gasteiger partial charge in [0, 0.05) is 11.6 Å². The van der Waals surface area contributed by atoms with Gasteiger partial charge in [-0.3, -0.25) is 14.8 Å².